The van der Waals surface area contributed by atoms with E-state index in [9.17, 15) is 13.6 Å². The maximum atomic E-state index is 12.3. The maximum absolute atomic E-state index is 12.3. The van der Waals surface area contributed by atoms with Crippen LogP contribution in [0.3, 0.4) is 0 Å². The van der Waals surface area contributed by atoms with Crippen LogP contribution >= 0.6 is 0 Å². The van der Waals surface area contributed by atoms with Gasteiger partial charge < -0.3 is 14.8 Å². The summed E-state index contributed by atoms with van der Waals surface area (Å²) in [5.74, 6) is 0.609. The molecule has 158 valence electrons. The second-order valence-corrected chi connectivity index (χ2v) is 6.62. The van der Waals surface area contributed by atoms with Crippen molar-refractivity contribution in [1.82, 2.24) is 4.98 Å². The number of aromatic nitrogens is 1. The third-order valence-electron chi connectivity index (χ3n) is 4.37. The lowest BCUT2D eigenvalue weighted by Gasteiger charge is -2.11. The van der Waals surface area contributed by atoms with E-state index in [1.807, 2.05) is 13.0 Å². The van der Waals surface area contributed by atoms with E-state index in [0.717, 1.165) is 11.1 Å². The summed E-state index contributed by atoms with van der Waals surface area (Å²) in [6.07, 6.45) is 2.22. The zero-order chi connectivity index (χ0) is 22.2. The van der Waals surface area contributed by atoms with Crippen molar-refractivity contribution < 1.29 is 23.0 Å². The minimum atomic E-state index is -2.87. The number of amides is 1. The number of nitriles is 1. The van der Waals surface area contributed by atoms with E-state index in [1.165, 1.54) is 18.3 Å². The highest BCUT2D eigenvalue weighted by atomic mass is 19.3. The van der Waals surface area contributed by atoms with Gasteiger partial charge in [-0.25, -0.2) is 4.98 Å². The number of halogens is 2. The van der Waals surface area contributed by atoms with Crippen molar-refractivity contribution in [3.8, 4) is 23.4 Å². The third-order valence-corrected chi connectivity index (χ3v) is 4.37. The predicted molar refractivity (Wildman–Crippen MR) is 110 cm³/mol. The Labute approximate surface area is 178 Å². The Morgan fingerprint density at radius 1 is 1.16 bits per heavy atom. The molecule has 2 aromatic carbocycles. The highest BCUT2D eigenvalue weighted by molar-refractivity contribution is 5.91. The normalized spacial score (nSPS) is 10.4. The minimum absolute atomic E-state index is 0.0775. The Bertz CT molecular complexity index is 1100. The number of carbonyl (C=O) groups excluding carboxylic acids is 1. The first-order valence-corrected chi connectivity index (χ1v) is 9.42. The zero-order valence-corrected chi connectivity index (χ0v) is 16.6. The molecule has 6 nitrogen and oxygen atoms in total. The lowest BCUT2D eigenvalue weighted by Crippen LogP contribution is -2.13. The second-order valence-electron chi connectivity index (χ2n) is 6.62. The third kappa shape index (κ3) is 6.24. The van der Waals surface area contributed by atoms with Gasteiger partial charge in [-0.2, -0.15) is 14.0 Å². The van der Waals surface area contributed by atoms with Crippen molar-refractivity contribution in [2.24, 2.45) is 0 Å². The van der Waals surface area contributed by atoms with Crippen molar-refractivity contribution in [3.63, 3.8) is 0 Å². The van der Waals surface area contributed by atoms with Gasteiger partial charge in [-0.1, -0.05) is 12.1 Å². The van der Waals surface area contributed by atoms with E-state index < -0.39 is 6.61 Å². The largest absolute Gasteiger partial charge is 0.438 e. The minimum Gasteiger partial charge on any atom is -0.438 e. The lowest BCUT2D eigenvalue weighted by atomic mass is 10.1. The topological polar surface area (TPSA) is 84.2 Å². The molecule has 0 radical (unpaired) electrons. The molecule has 0 aliphatic rings. The molecule has 1 heterocycles. The number of anilines is 1. The molecule has 0 fully saturated rings. The molecule has 0 aliphatic heterocycles. The van der Waals surface area contributed by atoms with Gasteiger partial charge in [0.2, 0.25) is 11.8 Å². The average molecular weight is 423 g/mol. The molecule has 0 aliphatic carbocycles. The van der Waals surface area contributed by atoms with Gasteiger partial charge in [0.1, 0.15) is 23.1 Å². The quantitative estimate of drug-likeness (QED) is 0.537. The van der Waals surface area contributed by atoms with E-state index in [0.29, 0.717) is 23.4 Å². The van der Waals surface area contributed by atoms with Gasteiger partial charge in [-0.05, 0) is 66.9 Å². The van der Waals surface area contributed by atoms with Crippen LogP contribution in [0.25, 0.3) is 0 Å². The van der Waals surface area contributed by atoms with Gasteiger partial charge in [0, 0.05) is 18.3 Å². The van der Waals surface area contributed by atoms with Gasteiger partial charge in [0.25, 0.3) is 0 Å². The lowest BCUT2D eigenvalue weighted by molar-refractivity contribution is -0.116. The molecule has 3 aromatic rings. The molecule has 0 saturated carbocycles. The molecule has 1 aromatic heterocycles. The summed E-state index contributed by atoms with van der Waals surface area (Å²) >= 11 is 0. The first-order valence-electron chi connectivity index (χ1n) is 9.42. The number of carbonyl (C=O) groups is 1. The van der Waals surface area contributed by atoms with Crippen LogP contribution in [-0.2, 0) is 11.2 Å². The van der Waals surface area contributed by atoms with E-state index >= 15 is 0 Å². The summed E-state index contributed by atoms with van der Waals surface area (Å²) in [5, 5.41) is 12.0. The standard InChI is InChI=1S/C23H19F2N3O3/c1-15-13-19(30-22-17(14-26)3-2-12-27-22)9-10-20(15)28-21(29)11-6-16-4-7-18(8-5-16)31-23(24)25/h2-5,7-10,12-13,23H,6,11H2,1H3,(H,28,29). The van der Waals surface area contributed by atoms with Crippen LogP contribution in [0.4, 0.5) is 14.5 Å². The number of ether oxygens (including phenoxy) is 2. The SMILES string of the molecule is Cc1cc(Oc2ncccc2C#N)ccc1NC(=O)CCc1ccc(OC(F)F)cc1. The van der Waals surface area contributed by atoms with Gasteiger partial charge >= 0.3 is 6.61 Å². The molecule has 1 N–H and O–H groups in total. The van der Waals surface area contributed by atoms with Crippen molar-refractivity contribution in [1.29, 1.82) is 5.26 Å². The number of benzene rings is 2. The molecule has 0 saturated heterocycles. The van der Waals surface area contributed by atoms with Crippen LogP contribution in [0.5, 0.6) is 17.4 Å². The van der Waals surface area contributed by atoms with E-state index in [-0.39, 0.29) is 24.0 Å². The molecule has 0 spiro atoms. The first-order chi connectivity index (χ1) is 14.9. The molecule has 1 amide bonds. The average Bonchev–Trinajstić information content (AvgIpc) is 2.75. The van der Waals surface area contributed by atoms with Crippen LogP contribution in [0.2, 0.25) is 0 Å². The number of nitrogens with zero attached hydrogens (tertiary/aromatic N) is 2. The molecular formula is C23H19F2N3O3. The number of pyridine rings is 1. The Hall–Kier alpha value is -3.99. The number of hydrogen-bond donors (Lipinski definition) is 1. The Kier molecular flexibility index (Phi) is 7.12. The van der Waals surface area contributed by atoms with Gasteiger partial charge in [0.05, 0.1) is 0 Å². The molecular weight excluding hydrogens is 404 g/mol. The molecule has 3 rings (SSSR count). The van der Waals surface area contributed by atoms with Crippen LogP contribution in [0.15, 0.2) is 60.8 Å². The van der Waals surface area contributed by atoms with Crippen LogP contribution in [0, 0.1) is 18.3 Å². The molecule has 0 atom stereocenters. The maximum Gasteiger partial charge on any atom is 0.387 e. The van der Waals surface area contributed by atoms with E-state index in [1.54, 1.807) is 42.5 Å². The fourth-order valence-corrected chi connectivity index (χ4v) is 2.82. The summed E-state index contributed by atoms with van der Waals surface area (Å²) in [6, 6.07) is 16.6. The van der Waals surface area contributed by atoms with Crippen molar-refractivity contribution in [2.75, 3.05) is 5.32 Å². The first kappa shape index (κ1) is 21.7. The van der Waals surface area contributed by atoms with Crippen molar-refractivity contribution in [3.05, 3.63) is 77.5 Å². The number of rotatable bonds is 8. The molecule has 0 bridgehead atoms. The van der Waals surface area contributed by atoms with E-state index in [4.69, 9.17) is 10.00 Å². The van der Waals surface area contributed by atoms with Crippen molar-refractivity contribution >= 4 is 11.6 Å². The van der Waals surface area contributed by atoms with Gasteiger partial charge in [-0.15, -0.1) is 0 Å². The number of alkyl halides is 2. The monoisotopic (exact) mass is 423 g/mol. The summed E-state index contributed by atoms with van der Waals surface area (Å²) in [7, 11) is 0. The smallest absolute Gasteiger partial charge is 0.387 e. The van der Waals surface area contributed by atoms with Crippen molar-refractivity contribution in [2.45, 2.75) is 26.4 Å². The number of aryl methyl sites for hydroxylation is 2. The summed E-state index contributed by atoms with van der Waals surface area (Å²) in [4.78, 5) is 16.4. The van der Waals surface area contributed by atoms with Crippen LogP contribution < -0.4 is 14.8 Å². The fourth-order valence-electron chi connectivity index (χ4n) is 2.82. The fraction of sp³-hybridized carbons (Fsp3) is 0.174. The second kappa shape index (κ2) is 10.2. The highest BCUT2D eigenvalue weighted by Crippen LogP contribution is 2.27. The zero-order valence-electron chi connectivity index (χ0n) is 16.6. The number of nitrogens with one attached hydrogen (secondary N) is 1. The van der Waals surface area contributed by atoms with Gasteiger partial charge in [-0.3, -0.25) is 4.79 Å². The number of hydrogen-bond acceptors (Lipinski definition) is 5. The Morgan fingerprint density at radius 3 is 2.58 bits per heavy atom. The molecule has 31 heavy (non-hydrogen) atoms. The molecule has 0 unspecified atom stereocenters. The molecule has 8 heteroatoms. The highest BCUT2D eigenvalue weighted by Gasteiger charge is 2.10. The van der Waals surface area contributed by atoms with Gasteiger partial charge in [0.15, 0.2) is 0 Å². The Balaban J connectivity index is 1.56. The summed E-state index contributed by atoms with van der Waals surface area (Å²) in [6.45, 7) is -1.04. The Morgan fingerprint density at radius 2 is 1.90 bits per heavy atom. The van der Waals surface area contributed by atoms with E-state index in [2.05, 4.69) is 15.0 Å². The van der Waals surface area contributed by atoms with Crippen LogP contribution in [-0.4, -0.2) is 17.5 Å². The van der Waals surface area contributed by atoms with Crippen LogP contribution in [0.1, 0.15) is 23.1 Å². The summed E-state index contributed by atoms with van der Waals surface area (Å²) < 4.78 is 34.3. The predicted octanol–water partition coefficient (Wildman–Crippen LogP) is 5.23. The summed E-state index contributed by atoms with van der Waals surface area (Å²) in [5.41, 5.74) is 2.58.